The Morgan fingerprint density at radius 2 is 0.844 bits per heavy atom. The molecule has 4 aliphatic heterocycles. The molecule has 1 radical (unpaired) electrons. The molecule has 6 rings (SSSR count). The average Bonchev–Trinajstić information content (AvgIpc) is 3.13. The zero-order valence-electron chi connectivity index (χ0n) is 36.0. The summed E-state index contributed by atoms with van der Waals surface area (Å²) >= 11 is 0. The predicted octanol–water partition coefficient (Wildman–Crippen LogP) is 17.1. The van der Waals surface area contributed by atoms with Crippen LogP contribution in [-0.2, 0) is 20.1 Å². The van der Waals surface area contributed by atoms with E-state index in [4.69, 9.17) is 10.6 Å². The molecule has 4 saturated heterocycles. The fraction of sp³-hybridized carbons (Fsp3) is 0.714. The molecule has 64 heavy (non-hydrogen) atoms. The fourth-order valence-corrected chi connectivity index (χ4v) is 7.91. The molecule has 4 heterocycles. The van der Waals surface area contributed by atoms with E-state index in [1.54, 1.807) is 0 Å². The Bertz CT molecular complexity index is 1600. The molecule has 2 aliphatic carbocycles. The van der Waals surface area contributed by atoms with E-state index in [1.165, 1.54) is 25.7 Å². The Hall–Kier alpha value is -1.94. The first-order valence-corrected chi connectivity index (χ1v) is 22.5. The molecule has 4 fully saturated rings. The number of allylic oxidation sites excluding steroid dienone is 4. The van der Waals surface area contributed by atoms with E-state index in [0.717, 1.165) is 37.1 Å². The maximum absolute atomic E-state index is 13.4. The van der Waals surface area contributed by atoms with E-state index in [2.05, 4.69) is 63.6 Å². The third-order valence-corrected chi connectivity index (χ3v) is 11.7. The van der Waals surface area contributed by atoms with E-state index >= 15 is 0 Å². The van der Waals surface area contributed by atoms with Gasteiger partial charge in [-0.05, 0) is 35.5 Å². The van der Waals surface area contributed by atoms with E-state index in [1.807, 2.05) is 0 Å². The van der Waals surface area contributed by atoms with Crippen molar-refractivity contribution in [3.8, 4) is 0 Å². The van der Waals surface area contributed by atoms with Crippen molar-refractivity contribution in [3.05, 3.63) is 92.2 Å². The third-order valence-electron chi connectivity index (χ3n) is 11.7. The van der Waals surface area contributed by atoms with Crippen LogP contribution in [0.1, 0.15) is 92.9 Å². The normalized spacial score (nSPS) is 30.4. The van der Waals surface area contributed by atoms with Gasteiger partial charge in [-0.1, -0.05) is 80.1 Å². The Morgan fingerprint density at radius 1 is 0.531 bits per heavy atom. The number of halogens is 16. The number of hydrogen-bond acceptors (Lipinski definition) is 0. The Balaban J connectivity index is 0.000000305. The van der Waals surface area contributed by atoms with Crippen LogP contribution in [-0.4, -0.2) is 62.7 Å². The van der Waals surface area contributed by atoms with Crippen molar-refractivity contribution in [1.29, 1.82) is 0 Å². The van der Waals surface area contributed by atoms with Crippen LogP contribution in [0, 0.1) is 46.8 Å². The Labute approximate surface area is 378 Å². The van der Waals surface area contributed by atoms with Gasteiger partial charge in [-0.15, -0.1) is 73.7 Å². The minimum absolute atomic E-state index is 0. The largest absolute Gasteiger partial charge is 0 e. The summed E-state index contributed by atoms with van der Waals surface area (Å²) in [5.41, 5.74) is 5.73. The van der Waals surface area contributed by atoms with Crippen molar-refractivity contribution in [2.45, 2.75) is 129 Å². The van der Waals surface area contributed by atoms with Crippen LogP contribution in [0.4, 0.5) is 69.1 Å². The molecule has 0 saturated carbocycles. The SMILES string of the molecule is CC(C)(C)C1CC[N-]C(C2CC(C(C)(C)C)CC[N-]2)C1.FC1=C[C-](F)C(C2CCC(C(F)(F)F)C[N-]2)=C=C1.FC1=C[C-](F)C(C2CCC(C(F)(F)F)C[N-]2)=C=C1.F[P-](F)(F)(F)(F)F.[Ir]. The molecule has 8 unspecified atom stereocenters. The summed E-state index contributed by atoms with van der Waals surface area (Å²) in [5.74, 6) is -2.82. The van der Waals surface area contributed by atoms with Gasteiger partial charge in [-0.3, -0.25) is 29.0 Å². The summed E-state index contributed by atoms with van der Waals surface area (Å²) in [4.78, 5) is 0. The van der Waals surface area contributed by atoms with Gasteiger partial charge in [-0.2, -0.15) is 38.4 Å². The maximum atomic E-state index is 13.4. The van der Waals surface area contributed by atoms with Crippen molar-refractivity contribution in [2.75, 3.05) is 26.2 Å². The first kappa shape index (κ1) is 58.2. The topological polar surface area (TPSA) is 56.4 Å². The number of piperidine rings is 4. The second kappa shape index (κ2) is 21.6. The number of hydrogen-bond donors (Lipinski definition) is 0. The van der Waals surface area contributed by atoms with Gasteiger partial charge in [0.25, 0.3) is 0 Å². The van der Waals surface area contributed by atoms with Crippen LogP contribution in [0.15, 0.2) is 58.6 Å². The molecule has 0 aromatic rings. The van der Waals surface area contributed by atoms with Gasteiger partial charge in [0.05, 0.1) is 0 Å². The van der Waals surface area contributed by atoms with E-state index < -0.39 is 68.1 Å². The standard InChI is InChI=1S/C18H34N2.2C12H10F5N.F6P.Ir/c1-17(2,3)13-7-9-19-15(11-13)16-12-14(8-10-20-16)18(4,5)6;2*13-8-2-3-9(10(14)5-8)11-4-1-7(6-18-11)12(15,16)17;1-7(2,3,4,5)6;/h13-16H,7-12H2,1-6H3;2*2,5,7,11H,1,4,6H2;;/q3*-2;-1;. The zero-order chi connectivity index (χ0) is 48.0. The first-order valence-electron chi connectivity index (χ1n) is 20.5. The van der Waals surface area contributed by atoms with Gasteiger partial charge < -0.3 is 21.3 Å². The summed E-state index contributed by atoms with van der Waals surface area (Å²) in [6.45, 7) is 15.7. The minimum atomic E-state index is -10.7. The van der Waals surface area contributed by atoms with Crippen LogP contribution < -0.4 is 0 Å². The fourth-order valence-electron chi connectivity index (χ4n) is 7.91. The zero-order valence-corrected chi connectivity index (χ0v) is 39.3. The smallest absolute Gasteiger partial charge is 0 e. The Kier molecular flexibility index (Phi) is 19.6. The summed E-state index contributed by atoms with van der Waals surface area (Å²) in [6.07, 6.45) is -1.77. The quantitative estimate of drug-likeness (QED) is 0.117. The van der Waals surface area contributed by atoms with Gasteiger partial charge in [-0.25, -0.2) is 0 Å². The molecule has 22 heteroatoms. The molecular formula is C42H54F16IrN4P-7. The van der Waals surface area contributed by atoms with Gasteiger partial charge in [0, 0.05) is 55.9 Å². The third kappa shape index (κ3) is 20.9. The molecule has 375 valence electrons. The van der Waals surface area contributed by atoms with Crippen molar-refractivity contribution < 1.29 is 89.2 Å². The molecule has 0 bridgehead atoms. The molecule has 0 aromatic carbocycles. The summed E-state index contributed by atoms with van der Waals surface area (Å²) < 4.78 is 186. The molecule has 0 amide bonds. The molecular weight excluding hydrogens is 1090 g/mol. The Morgan fingerprint density at radius 3 is 1.08 bits per heavy atom. The summed E-state index contributed by atoms with van der Waals surface area (Å²) in [5, 5.41) is 17.5. The van der Waals surface area contributed by atoms with Crippen molar-refractivity contribution in [1.82, 2.24) is 0 Å². The van der Waals surface area contributed by atoms with Crippen LogP contribution in [0.2, 0.25) is 0 Å². The molecule has 0 spiro atoms. The van der Waals surface area contributed by atoms with Crippen molar-refractivity contribution in [2.24, 2.45) is 34.5 Å². The van der Waals surface area contributed by atoms with Crippen LogP contribution in [0.3, 0.4) is 0 Å². The molecule has 0 N–H and O–H groups in total. The average molecular weight is 1140 g/mol. The second-order valence-electron chi connectivity index (χ2n) is 18.6. The molecule has 6 aliphatic rings. The summed E-state index contributed by atoms with van der Waals surface area (Å²) in [7, 11) is -10.7. The molecule has 4 nitrogen and oxygen atoms in total. The van der Waals surface area contributed by atoms with Crippen LogP contribution >= 0.6 is 7.81 Å². The number of rotatable bonds is 3. The predicted molar refractivity (Wildman–Crippen MR) is 214 cm³/mol. The monoisotopic (exact) mass is 1140 g/mol. The van der Waals surface area contributed by atoms with E-state index in [-0.39, 0.29) is 70.0 Å². The molecule has 8 atom stereocenters. The van der Waals surface area contributed by atoms with Crippen LogP contribution in [0.25, 0.3) is 21.3 Å². The molecule has 0 aromatic heterocycles. The summed E-state index contributed by atoms with van der Waals surface area (Å²) in [6, 6.07) is -0.329. The van der Waals surface area contributed by atoms with E-state index in [9.17, 15) is 69.1 Å². The number of nitrogens with zero attached hydrogens (tertiary/aromatic N) is 4. The van der Waals surface area contributed by atoms with Gasteiger partial charge in [0.2, 0.25) is 0 Å². The maximum Gasteiger partial charge on any atom is 0 e. The van der Waals surface area contributed by atoms with Crippen molar-refractivity contribution >= 4 is 7.81 Å². The van der Waals surface area contributed by atoms with Gasteiger partial charge in [0.1, 0.15) is 0 Å². The minimum Gasteiger partial charge on any atom is 0 e. The van der Waals surface area contributed by atoms with Crippen molar-refractivity contribution in [3.63, 3.8) is 0 Å². The van der Waals surface area contributed by atoms with Gasteiger partial charge >= 0.3 is 45.3 Å². The van der Waals surface area contributed by atoms with Gasteiger partial charge in [0.15, 0.2) is 0 Å². The van der Waals surface area contributed by atoms with E-state index in [0.29, 0.717) is 35.1 Å². The first-order chi connectivity index (χ1) is 28.4. The second-order valence-corrected chi connectivity index (χ2v) is 20.5. The van der Waals surface area contributed by atoms with Crippen LogP contribution in [0.5, 0.6) is 0 Å². The number of alkyl halides is 6.